The highest BCUT2D eigenvalue weighted by atomic mass is 35.5. The van der Waals surface area contributed by atoms with Gasteiger partial charge in [-0.3, -0.25) is 24.9 Å². The molecule has 0 aliphatic rings. The topological polar surface area (TPSA) is 363 Å². The number of nitrogens with zero attached hydrogens (tertiary/aromatic N) is 25. The van der Waals surface area contributed by atoms with Crippen LogP contribution in [0.4, 0.5) is 13.2 Å². The summed E-state index contributed by atoms with van der Waals surface area (Å²) in [4.78, 5) is 51.0. The van der Waals surface area contributed by atoms with Gasteiger partial charge in [0.1, 0.15) is 63.2 Å². The summed E-state index contributed by atoms with van der Waals surface area (Å²) in [5.41, 5.74) is 17.4. The van der Waals surface area contributed by atoms with Gasteiger partial charge >= 0.3 is 11.9 Å². The van der Waals surface area contributed by atoms with Crippen LogP contribution in [0, 0.1) is 31.3 Å². The van der Waals surface area contributed by atoms with Gasteiger partial charge < -0.3 is 23.7 Å². The van der Waals surface area contributed by atoms with Crippen molar-refractivity contribution in [1.82, 2.24) is 126 Å². The fraction of sp³-hybridized carbons (Fsp3) is 0.0707. The third-order valence-electron chi connectivity index (χ3n) is 20.3. The van der Waals surface area contributed by atoms with Crippen molar-refractivity contribution in [2.24, 2.45) is 0 Å². The average Bonchev–Trinajstić information content (AvgIpc) is 1.61. The summed E-state index contributed by atoms with van der Waals surface area (Å²) in [7, 11) is 7.44. The standard InChI is InChI=1S/C21H17N5O3.C20H16FN5O2.C20H16FN5.C20H15N5O2.C18H11ClFN5/c1-28-19-13-16(26-24-20(23-25-26)18-5-3-4-12-22-18)10-11-17(19)14-6-8-15(9-7-14)21(27)29-2;1-27-16-6-7-17(19(12-16)28-2)13-9-14(21)11-15(10-13)26-24-20(23-25-26)18-5-3-4-8-22-18;1-13-6-5-7-14(2)19(13)15-10-16(21)12-17(11-15)26-24-20(23-25-26)18-8-3-4-9-22-18;1-27-20(26)15-10-8-14(9-11-15)16-5-4-6-17(13-16)25-23-19(22-24-25)18-7-2-3-12-21-18;19-16-6-2-1-5-15(16)12-9-13(20)11-14(10-12)25-23-18(22-24-25)17-7-3-4-8-21-17/h3-13H,1-2H3;3-12H,1-2H3;3-12H,1-2H3;2-13H,1H3;1-11H. The molecule has 20 rings (SSSR count). The molecule has 10 aromatic heterocycles. The zero-order chi connectivity index (χ0) is 93.7. The first-order valence-electron chi connectivity index (χ1n) is 41.1. The molecule has 0 radical (unpaired) electrons. The smallest absolute Gasteiger partial charge is 0.337 e. The van der Waals surface area contributed by atoms with Crippen molar-refractivity contribution in [2.75, 3.05) is 35.5 Å². The lowest BCUT2D eigenvalue weighted by Crippen LogP contribution is -2.01. The highest BCUT2D eigenvalue weighted by Crippen LogP contribution is 2.38. The average molecular weight is 1820 g/mol. The van der Waals surface area contributed by atoms with Gasteiger partial charge in [-0.05, 0) is 254 Å². The quantitative estimate of drug-likeness (QED) is 0.0640. The lowest BCUT2D eigenvalue weighted by Gasteiger charge is -2.11. The Morgan fingerprint density at radius 1 is 0.289 bits per heavy atom. The number of esters is 2. The van der Waals surface area contributed by atoms with E-state index in [0.717, 1.165) is 55.8 Å². The number of aromatic nitrogens is 25. The van der Waals surface area contributed by atoms with Gasteiger partial charge in [-0.15, -0.1) is 75.0 Å². The predicted octanol–water partition coefficient (Wildman–Crippen LogP) is 18.2. The number of methoxy groups -OCH3 is 5. The number of carbonyl (C=O) groups excluding carboxylic acids is 2. The van der Waals surface area contributed by atoms with Crippen molar-refractivity contribution in [3.05, 3.63) is 373 Å². The van der Waals surface area contributed by atoms with Crippen LogP contribution in [-0.4, -0.2) is 173 Å². The van der Waals surface area contributed by atoms with Crippen molar-refractivity contribution < 1.29 is 46.4 Å². The molecule has 0 atom stereocenters. The molecule has 0 fully saturated rings. The second-order valence-electron chi connectivity index (χ2n) is 29.1. The highest BCUT2D eigenvalue weighted by molar-refractivity contribution is 6.33. The molecule has 0 saturated heterocycles. The van der Waals surface area contributed by atoms with Gasteiger partial charge in [0.05, 0.1) is 75.1 Å². The van der Waals surface area contributed by atoms with Gasteiger partial charge in [-0.2, -0.15) is 0 Å². The zero-order valence-corrected chi connectivity index (χ0v) is 73.5. The van der Waals surface area contributed by atoms with E-state index >= 15 is 0 Å². The van der Waals surface area contributed by atoms with Crippen molar-refractivity contribution >= 4 is 23.5 Å². The van der Waals surface area contributed by atoms with Crippen molar-refractivity contribution in [3.8, 4) is 159 Å². The summed E-state index contributed by atoms with van der Waals surface area (Å²) in [6, 6.07) is 87.5. The predicted molar refractivity (Wildman–Crippen MR) is 496 cm³/mol. The molecule has 36 heteroatoms. The number of rotatable bonds is 20. The number of halogens is 4. The fourth-order valence-electron chi connectivity index (χ4n) is 13.8. The summed E-state index contributed by atoms with van der Waals surface area (Å²) in [5.74, 6) is 1.94. The van der Waals surface area contributed by atoms with Crippen molar-refractivity contribution in [1.29, 1.82) is 0 Å². The Hall–Kier alpha value is -18.3. The molecule has 10 heterocycles. The van der Waals surface area contributed by atoms with E-state index in [1.165, 1.54) is 74.6 Å². The number of benzene rings is 10. The third kappa shape index (κ3) is 21.8. The normalized spacial score (nSPS) is 10.7. The van der Waals surface area contributed by atoms with Crippen LogP contribution in [0.1, 0.15) is 31.8 Å². The zero-order valence-electron chi connectivity index (χ0n) is 72.7. The Morgan fingerprint density at radius 3 is 1.04 bits per heavy atom. The van der Waals surface area contributed by atoms with Crippen LogP contribution in [0.2, 0.25) is 5.02 Å². The van der Waals surface area contributed by atoms with Gasteiger partial charge in [-0.25, -0.2) is 22.8 Å². The molecule has 0 amide bonds. The molecule has 10 aromatic carbocycles. The lowest BCUT2D eigenvalue weighted by atomic mass is 9.95. The maximum absolute atomic E-state index is 14.3. The molecule has 0 aliphatic heterocycles. The summed E-state index contributed by atoms with van der Waals surface area (Å²) in [6.45, 7) is 4.03. The van der Waals surface area contributed by atoms with Gasteiger partial charge in [0.15, 0.2) is 0 Å². The van der Waals surface area contributed by atoms with E-state index in [2.05, 4.69) is 102 Å². The molecule has 0 saturated carbocycles. The van der Waals surface area contributed by atoms with E-state index in [9.17, 15) is 22.8 Å². The molecule has 135 heavy (non-hydrogen) atoms. The van der Waals surface area contributed by atoms with Crippen LogP contribution in [0.5, 0.6) is 17.2 Å². The van der Waals surface area contributed by atoms with Gasteiger partial charge in [0, 0.05) is 83.0 Å². The fourth-order valence-corrected chi connectivity index (χ4v) is 14.1. The van der Waals surface area contributed by atoms with Crippen LogP contribution in [0.3, 0.4) is 0 Å². The third-order valence-corrected chi connectivity index (χ3v) is 20.6. The summed E-state index contributed by atoms with van der Waals surface area (Å²) >= 11 is 6.21. The highest BCUT2D eigenvalue weighted by Gasteiger charge is 2.21. The molecular formula is C99H75ClF3N25O7. The SMILES string of the molecule is COC(=O)c1ccc(-c2ccc(-n3nnc(-c4ccccn4)n3)cc2OC)cc1.COC(=O)c1ccc(-c2cccc(-n3nnc(-c4ccccn4)n3)c2)cc1.COc1ccc(-c2cc(F)cc(-n3nnc(-c4ccccn4)n3)c2)c(OC)c1.Cc1cccc(C)c1-c1cc(F)cc(-n2nnc(-c3ccccn3)n2)c1.Fc1cc(-c2ccccc2Cl)cc(-n2nnc(-c3ccccn3)n2)c1. The Kier molecular flexibility index (Phi) is 28.2. The molecule has 20 aromatic rings. The van der Waals surface area contributed by atoms with Crippen molar-refractivity contribution in [2.45, 2.75) is 13.8 Å². The number of hydrogen-bond acceptors (Lipinski definition) is 27. The van der Waals surface area contributed by atoms with E-state index in [1.54, 1.807) is 137 Å². The van der Waals surface area contributed by atoms with E-state index in [0.29, 0.717) is 130 Å². The number of ether oxygens (including phenoxy) is 5. The summed E-state index contributed by atoms with van der Waals surface area (Å²) in [5, 5.41) is 62.7. The monoisotopic (exact) mass is 1820 g/mol. The van der Waals surface area contributed by atoms with E-state index in [4.69, 9.17) is 35.3 Å². The number of carbonyl (C=O) groups is 2. The summed E-state index contributed by atoms with van der Waals surface area (Å²) < 4.78 is 68.4. The Labute approximate surface area is 773 Å². The van der Waals surface area contributed by atoms with E-state index in [-0.39, 0.29) is 17.8 Å². The number of pyridine rings is 5. The Morgan fingerprint density at radius 2 is 0.637 bits per heavy atom. The molecule has 666 valence electrons. The number of aryl methyl sites for hydroxylation is 2. The van der Waals surface area contributed by atoms with E-state index in [1.807, 2.05) is 190 Å². The minimum atomic E-state index is -0.429. The largest absolute Gasteiger partial charge is 0.497 e. The van der Waals surface area contributed by atoms with Crippen LogP contribution < -0.4 is 14.2 Å². The molecule has 0 aliphatic carbocycles. The molecule has 0 unspecified atom stereocenters. The first-order chi connectivity index (χ1) is 65.9. The van der Waals surface area contributed by atoms with Crippen LogP contribution >= 0.6 is 11.6 Å². The van der Waals surface area contributed by atoms with Crippen LogP contribution in [0.25, 0.3) is 142 Å². The molecule has 0 spiro atoms. The number of tetrazole rings is 5. The second-order valence-corrected chi connectivity index (χ2v) is 29.5. The van der Waals surface area contributed by atoms with Gasteiger partial charge in [0.25, 0.3) is 0 Å². The first-order valence-corrected chi connectivity index (χ1v) is 41.5. The first kappa shape index (κ1) is 90.1. The van der Waals surface area contributed by atoms with Crippen molar-refractivity contribution in [3.63, 3.8) is 0 Å². The maximum atomic E-state index is 14.3. The molecule has 32 nitrogen and oxygen atoms in total. The minimum absolute atomic E-state index is 0.350. The second kappa shape index (κ2) is 42.3. The maximum Gasteiger partial charge on any atom is 0.337 e. The van der Waals surface area contributed by atoms with Gasteiger partial charge in [-0.1, -0.05) is 115 Å². The Bertz CT molecular complexity index is 7480. The van der Waals surface area contributed by atoms with Crippen LogP contribution in [-0.2, 0) is 9.47 Å². The van der Waals surface area contributed by atoms with Crippen LogP contribution in [0.15, 0.2) is 328 Å². The molecule has 0 N–H and O–H groups in total. The lowest BCUT2D eigenvalue weighted by molar-refractivity contribution is 0.0592. The molecule has 0 bridgehead atoms. The number of hydrogen-bond donors (Lipinski definition) is 0. The minimum Gasteiger partial charge on any atom is -0.497 e. The Balaban J connectivity index is 0.000000123. The molecular weight excluding hydrogens is 1740 g/mol. The summed E-state index contributed by atoms with van der Waals surface area (Å²) in [6.07, 6.45) is 8.32. The van der Waals surface area contributed by atoms with E-state index < -0.39 is 11.6 Å². The van der Waals surface area contributed by atoms with Gasteiger partial charge in [0.2, 0.25) is 29.1 Å².